The molecule has 1 unspecified atom stereocenters. The number of hydrogen-bond acceptors (Lipinski definition) is 5. The van der Waals surface area contributed by atoms with E-state index in [1.165, 1.54) is 62.7 Å². The Bertz CT molecular complexity index is 929. The van der Waals surface area contributed by atoms with Crippen molar-refractivity contribution in [3.8, 4) is 0 Å². The van der Waals surface area contributed by atoms with E-state index in [0.29, 0.717) is 15.1 Å². The van der Waals surface area contributed by atoms with Crippen molar-refractivity contribution in [3.63, 3.8) is 0 Å². The molecule has 0 saturated heterocycles. The van der Waals surface area contributed by atoms with Crippen LogP contribution in [0.1, 0.15) is 22.0 Å². The fourth-order valence-electron chi connectivity index (χ4n) is 2.18. The van der Waals surface area contributed by atoms with Gasteiger partial charge in [-0.3, -0.25) is 9.63 Å². The van der Waals surface area contributed by atoms with Crippen molar-refractivity contribution in [1.82, 2.24) is 9.79 Å². The third kappa shape index (κ3) is 4.83. The first-order valence-electron chi connectivity index (χ1n) is 7.59. The predicted molar refractivity (Wildman–Crippen MR) is 97.7 cm³/mol. The van der Waals surface area contributed by atoms with Gasteiger partial charge in [0.05, 0.1) is 12.0 Å². The van der Waals surface area contributed by atoms with Gasteiger partial charge in [-0.05, 0) is 42.0 Å². The Morgan fingerprint density at radius 2 is 1.67 bits per heavy atom. The Kier molecular flexibility index (Phi) is 6.55. The number of amides is 1. The Morgan fingerprint density at radius 1 is 1.11 bits per heavy atom. The third-order valence-corrected chi connectivity index (χ3v) is 5.68. The van der Waals surface area contributed by atoms with Crippen molar-refractivity contribution in [1.29, 1.82) is 0 Å². The number of benzene rings is 2. The van der Waals surface area contributed by atoms with Crippen LogP contribution in [0, 0.1) is 0 Å². The maximum Gasteiger partial charge on any atom is 0.330 e. The normalized spacial score (nSPS) is 12.6. The van der Waals surface area contributed by atoms with E-state index in [1.54, 1.807) is 0 Å². The summed E-state index contributed by atoms with van der Waals surface area (Å²) in [5.41, 5.74) is 0.454. The molecule has 0 heterocycles. The van der Waals surface area contributed by atoms with Gasteiger partial charge in [0.15, 0.2) is 6.04 Å². The molecule has 0 radical (unpaired) electrons. The van der Waals surface area contributed by atoms with Gasteiger partial charge in [0.1, 0.15) is 0 Å². The van der Waals surface area contributed by atoms with Gasteiger partial charge in [-0.25, -0.2) is 13.2 Å². The van der Waals surface area contributed by atoms with E-state index in [0.717, 1.165) is 0 Å². The van der Waals surface area contributed by atoms with E-state index >= 15 is 0 Å². The summed E-state index contributed by atoms with van der Waals surface area (Å²) in [6.07, 6.45) is 0. The topological polar surface area (TPSA) is 113 Å². The van der Waals surface area contributed by atoms with E-state index in [4.69, 9.17) is 11.6 Å². The quantitative estimate of drug-likeness (QED) is 0.673. The molecule has 144 valence electrons. The molecule has 0 aliphatic rings. The van der Waals surface area contributed by atoms with Crippen LogP contribution in [-0.2, 0) is 19.7 Å². The number of carbonyl (C=O) groups excluding carboxylic acids is 1. The van der Waals surface area contributed by atoms with E-state index < -0.39 is 27.9 Å². The van der Waals surface area contributed by atoms with Gasteiger partial charge in [-0.2, -0.15) is 0 Å². The number of carbonyl (C=O) groups is 2. The smallest absolute Gasteiger partial charge is 0.330 e. The van der Waals surface area contributed by atoms with E-state index in [-0.39, 0.29) is 10.5 Å². The molecule has 0 aliphatic carbocycles. The van der Waals surface area contributed by atoms with Gasteiger partial charge in [0.2, 0.25) is 0 Å². The highest BCUT2D eigenvalue weighted by atomic mass is 35.5. The van der Waals surface area contributed by atoms with Crippen LogP contribution in [0.2, 0.25) is 5.02 Å². The number of hydrogen-bond donors (Lipinski definition) is 2. The number of sulfonamides is 1. The molecule has 2 N–H and O–H groups in total. The van der Waals surface area contributed by atoms with Crippen LogP contribution >= 0.6 is 11.6 Å². The average Bonchev–Trinajstić information content (AvgIpc) is 2.65. The number of halogens is 1. The lowest BCUT2D eigenvalue weighted by molar-refractivity contribution is -0.139. The summed E-state index contributed by atoms with van der Waals surface area (Å²) in [6, 6.07) is 9.79. The van der Waals surface area contributed by atoms with Crippen LogP contribution in [-0.4, -0.2) is 44.0 Å². The number of hydroxylamine groups is 1. The molecule has 0 fully saturated rings. The minimum absolute atomic E-state index is 0.0733. The van der Waals surface area contributed by atoms with Gasteiger partial charge in [0, 0.05) is 17.6 Å². The Hall–Kier alpha value is -2.46. The summed E-state index contributed by atoms with van der Waals surface area (Å²) < 4.78 is 25.0. The summed E-state index contributed by atoms with van der Waals surface area (Å²) >= 11 is 5.79. The van der Waals surface area contributed by atoms with Crippen molar-refractivity contribution in [3.05, 3.63) is 64.7 Å². The van der Waals surface area contributed by atoms with Crippen molar-refractivity contribution < 1.29 is 28.0 Å². The molecule has 8 nitrogen and oxygen atoms in total. The highest BCUT2D eigenvalue weighted by Crippen LogP contribution is 2.19. The highest BCUT2D eigenvalue weighted by molar-refractivity contribution is 7.89. The Balaban J connectivity index is 2.21. The Morgan fingerprint density at radius 3 is 2.15 bits per heavy atom. The molecule has 0 aliphatic heterocycles. The number of rotatable bonds is 7. The molecule has 2 aromatic carbocycles. The van der Waals surface area contributed by atoms with Gasteiger partial charge >= 0.3 is 5.97 Å². The van der Waals surface area contributed by atoms with Gasteiger partial charge in [-0.15, -0.1) is 0 Å². The Labute approximate surface area is 161 Å². The lowest BCUT2D eigenvalue weighted by Crippen LogP contribution is -2.33. The summed E-state index contributed by atoms with van der Waals surface area (Å²) in [5, 5.41) is 12.2. The fraction of sp³-hybridized carbons (Fsp3) is 0.176. The lowest BCUT2D eigenvalue weighted by atomic mass is 10.1. The van der Waals surface area contributed by atoms with E-state index in [9.17, 15) is 23.1 Å². The van der Waals surface area contributed by atoms with Crippen LogP contribution in [0.4, 0.5) is 0 Å². The van der Waals surface area contributed by atoms with Crippen molar-refractivity contribution in [2.24, 2.45) is 0 Å². The van der Waals surface area contributed by atoms with E-state index in [1.807, 2.05) is 0 Å². The van der Waals surface area contributed by atoms with E-state index in [2.05, 4.69) is 10.2 Å². The molecule has 27 heavy (non-hydrogen) atoms. The maximum atomic E-state index is 12.4. The highest BCUT2D eigenvalue weighted by Gasteiger charge is 2.24. The van der Waals surface area contributed by atoms with Crippen LogP contribution in [0.3, 0.4) is 0 Å². The summed E-state index contributed by atoms with van der Waals surface area (Å²) in [5.74, 6) is -1.91. The van der Waals surface area contributed by atoms with Crippen molar-refractivity contribution in [2.75, 3.05) is 14.2 Å². The second-order valence-electron chi connectivity index (χ2n) is 5.42. The monoisotopic (exact) mass is 412 g/mol. The molecule has 0 bridgehead atoms. The van der Waals surface area contributed by atoms with Crippen LogP contribution in [0.25, 0.3) is 0 Å². The average molecular weight is 413 g/mol. The van der Waals surface area contributed by atoms with Gasteiger partial charge in [0.25, 0.3) is 15.9 Å². The summed E-state index contributed by atoms with van der Waals surface area (Å²) in [7, 11) is -1.40. The summed E-state index contributed by atoms with van der Waals surface area (Å²) in [6.45, 7) is 0. The lowest BCUT2D eigenvalue weighted by Gasteiger charge is -2.16. The van der Waals surface area contributed by atoms with Crippen LogP contribution < -0.4 is 5.32 Å². The SMILES string of the molecule is CON(C)S(=O)(=O)c1ccc(C(=O)NC(C(=O)O)c2ccc(Cl)cc2)cc1. The van der Waals surface area contributed by atoms with Crippen LogP contribution in [0.15, 0.2) is 53.4 Å². The first kappa shape index (κ1) is 20.8. The molecule has 1 amide bonds. The number of nitrogens with zero attached hydrogens (tertiary/aromatic N) is 1. The summed E-state index contributed by atoms with van der Waals surface area (Å²) in [4.78, 5) is 28.5. The molecule has 2 aromatic rings. The van der Waals surface area contributed by atoms with Crippen molar-refractivity contribution in [2.45, 2.75) is 10.9 Å². The zero-order valence-corrected chi connectivity index (χ0v) is 16.0. The zero-order valence-electron chi connectivity index (χ0n) is 14.4. The number of aliphatic carboxylic acids is 1. The number of nitrogens with one attached hydrogen (secondary N) is 1. The molecular weight excluding hydrogens is 396 g/mol. The molecule has 10 heteroatoms. The largest absolute Gasteiger partial charge is 0.479 e. The predicted octanol–water partition coefficient (Wildman–Crippen LogP) is 2.08. The first-order chi connectivity index (χ1) is 12.7. The second kappa shape index (κ2) is 8.49. The minimum Gasteiger partial charge on any atom is -0.479 e. The molecule has 2 rings (SSSR count). The molecule has 0 spiro atoms. The van der Waals surface area contributed by atoms with Crippen LogP contribution in [0.5, 0.6) is 0 Å². The van der Waals surface area contributed by atoms with Crippen molar-refractivity contribution >= 4 is 33.5 Å². The maximum absolute atomic E-state index is 12.4. The van der Waals surface area contributed by atoms with Gasteiger partial charge < -0.3 is 10.4 Å². The molecule has 0 aromatic heterocycles. The van der Waals surface area contributed by atoms with Gasteiger partial charge in [-0.1, -0.05) is 28.2 Å². The zero-order chi connectivity index (χ0) is 20.2. The number of carboxylic acid groups (broad SMARTS) is 1. The fourth-order valence-corrected chi connectivity index (χ4v) is 3.28. The molecule has 0 saturated carbocycles. The first-order valence-corrected chi connectivity index (χ1v) is 9.41. The number of carboxylic acids is 1. The standard InChI is InChI=1S/C17H17ClN2O6S/c1-20(26-2)27(24,25)14-9-5-12(6-10-14)16(21)19-15(17(22)23)11-3-7-13(18)8-4-11/h3-10,15H,1-2H3,(H,19,21)(H,22,23). The third-order valence-electron chi connectivity index (χ3n) is 3.74. The molecule has 1 atom stereocenters. The molecular formula is C17H17ClN2O6S. The minimum atomic E-state index is -3.84. The second-order valence-corrected chi connectivity index (χ2v) is 7.79.